The lowest BCUT2D eigenvalue weighted by Crippen LogP contribution is -2.43. The molecule has 1 rings (SSSR count). The van der Waals surface area contributed by atoms with E-state index in [-0.39, 0.29) is 6.73 Å². The Kier molecular flexibility index (Phi) is 6.47. The number of carbonyl (C=O) groups is 1. The van der Waals surface area contributed by atoms with Crippen molar-refractivity contribution in [3.05, 3.63) is 0 Å². The summed E-state index contributed by atoms with van der Waals surface area (Å²) in [5.74, 6) is -0.757. The molecular weight excluding hydrogens is 196 g/mol. The quantitative estimate of drug-likeness (QED) is 0.576. The highest BCUT2D eigenvalue weighted by Crippen LogP contribution is 2.11. The van der Waals surface area contributed by atoms with Crippen molar-refractivity contribution >= 4 is 5.97 Å². The van der Waals surface area contributed by atoms with Gasteiger partial charge in [0.25, 0.3) is 0 Å². The Balaban J connectivity index is 0.000000265. The number of nitrogens with zero attached hydrogens (tertiary/aromatic N) is 1. The van der Waals surface area contributed by atoms with Gasteiger partial charge in [-0.3, -0.25) is 9.69 Å². The van der Waals surface area contributed by atoms with Gasteiger partial charge in [0.1, 0.15) is 0 Å². The summed E-state index contributed by atoms with van der Waals surface area (Å²) in [5.41, 5.74) is -0.583. The van der Waals surface area contributed by atoms with E-state index < -0.39 is 11.4 Å². The predicted octanol–water partition coefficient (Wildman–Crippen LogP) is -0.0415. The standard InChI is InChI=1S/C5H12N2O.C5H10O2/c8-5-7-3-1-6-2-4-7;1-5(2,3)4(6)7/h6,8H,1-5H2;1-3H3,(H,6,7). The molecule has 1 aliphatic heterocycles. The summed E-state index contributed by atoms with van der Waals surface area (Å²) in [7, 11) is 0. The fraction of sp³-hybridized carbons (Fsp3) is 0.900. The molecule has 0 aliphatic carbocycles. The molecule has 3 N–H and O–H groups in total. The molecule has 0 bridgehead atoms. The van der Waals surface area contributed by atoms with Gasteiger partial charge in [-0.2, -0.15) is 0 Å². The molecule has 1 fully saturated rings. The Morgan fingerprint density at radius 3 is 1.93 bits per heavy atom. The van der Waals surface area contributed by atoms with Crippen molar-refractivity contribution in [1.82, 2.24) is 10.2 Å². The minimum absolute atomic E-state index is 0.210. The van der Waals surface area contributed by atoms with E-state index in [4.69, 9.17) is 10.2 Å². The second kappa shape index (κ2) is 6.76. The zero-order chi connectivity index (χ0) is 11.9. The molecule has 15 heavy (non-hydrogen) atoms. The lowest BCUT2D eigenvalue weighted by atomic mass is 9.98. The van der Waals surface area contributed by atoms with Crippen LogP contribution in [0.4, 0.5) is 0 Å². The molecule has 0 radical (unpaired) electrons. The van der Waals surface area contributed by atoms with Crippen molar-refractivity contribution in [1.29, 1.82) is 0 Å². The van der Waals surface area contributed by atoms with Crippen LogP contribution in [-0.4, -0.2) is 54.0 Å². The molecule has 1 saturated heterocycles. The van der Waals surface area contributed by atoms with Crippen LogP contribution in [0.1, 0.15) is 20.8 Å². The third-order valence-corrected chi connectivity index (χ3v) is 2.05. The van der Waals surface area contributed by atoms with E-state index in [0.29, 0.717) is 0 Å². The van der Waals surface area contributed by atoms with E-state index >= 15 is 0 Å². The van der Waals surface area contributed by atoms with Crippen molar-refractivity contribution in [2.24, 2.45) is 5.41 Å². The van der Waals surface area contributed by atoms with Gasteiger partial charge < -0.3 is 15.5 Å². The Hall–Kier alpha value is -0.650. The van der Waals surface area contributed by atoms with Crippen LogP contribution >= 0.6 is 0 Å². The number of piperazine rings is 1. The Bertz CT molecular complexity index is 184. The molecule has 1 heterocycles. The summed E-state index contributed by atoms with van der Waals surface area (Å²) in [6.45, 7) is 9.19. The predicted molar refractivity (Wildman–Crippen MR) is 58.6 cm³/mol. The molecule has 5 heteroatoms. The molecule has 0 spiro atoms. The molecule has 0 aromatic rings. The van der Waals surface area contributed by atoms with Gasteiger partial charge in [0, 0.05) is 26.2 Å². The highest BCUT2D eigenvalue weighted by atomic mass is 16.4. The number of carboxylic acids is 1. The Morgan fingerprint density at radius 2 is 1.73 bits per heavy atom. The smallest absolute Gasteiger partial charge is 0.308 e. The molecule has 1 aliphatic rings. The Labute approximate surface area is 91.1 Å². The maximum atomic E-state index is 10.0. The maximum absolute atomic E-state index is 10.0. The SMILES string of the molecule is CC(C)(C)C(=O)O.OCN1CCNCC1. The van der Waals surface area contributed by atoms with E-state index in [1.165, 1.54) is 0 Å². The van der Waals surface area contributed by atoms with Crippen LogP contribution in [0.25, 0.3) is 0 Å². The van der Waals surface area contributed by atoms with Gasteiger partial charge in [0.05, 0.1) is 12.1 Å². The molecule has 0 aromatic heterocycles. The van der Waals surface area contributed by atoms with E-state index in [2.05, 4.69) is 5.32 Å². The molecule has 5 nitrogen and oxygen atoms in total. The van der Waals surface area contributed by atoms with Gasteiger partial charge in [-0.15, -0.1) is 0 Å². The van der Waals surface area contributed by atoms with Crippen molar-refractivity contribution in [3.8, 4) is 0 Å². The lowest BCUT2D eigenvalue weighted by Gasteiger charge is -2.24. The fourth-order valence-electron chi connectivity index (χ4n) is 0.853. The van der Waals surface area contributed by atoms with Crippen LogP contribution in [0.15, 0.2) is 0 Å². The Morgan fingerprint density at radius 1 is 1.33 bits per heavy atom. The third kappa shape index (κ3) is 7.30. The largest absolute Gasteiger partial charge is 0.481 e. The van der Waals surface area contributed by atoms with Crippen LogP contribution < -0.4 is 5.32 Å². The van der Waals surface area contributed by atoms with Gasteiger partial charge in [-0.1, -0.05) is 0 Å². The van der Waals surface area contributed by atoms with E-state index in [0.717, 1.165) is 26.2 Å². The number of aliphatic hydroxyl groups is 1. The molecule has 0 unspecified atom stereocenters. The monoisotopic (exact) mass is 218 g/mol. The molecule has 0 saturated carbocycles. The number of aliphatic carboxylic acids is 1. The van der Waals surface area contributed by atoms with E-state index in [9.17, 15) is 4.79 Å². The van der Waals surface area contributed by atoms with E-state index in [1.807, 2.05) is 4.90 Å². The highest BCUT2D eigenvalue weighted by molar-refractivity contribution is 5.72. The van der Waals surface area contributed by atoms with Gasteiger partial charge in [0.15, 0.2) is 0 Å². The normalized spacial score (nSPS) is 17.9. The van der Waals surface area contributed by atoms with Crippen molar-refractivity contribution < 1.29 is 15.0 Å². The average molecular weight is 218 g/mol. The number of nitrogens with one attached hydrogen (secondary N) is 1. The van der Waals surface area contributed by atoms with Crippen LogP contribution in [0, 0.1) is 5.41 Å². The van der Waals surface area contributed by atoms with Crippen LogP contribution in [0.2, 0.25) is 0 Å². The molecule has 0 atom stereocenters. The van der Waals surface area contributed by atoms with Crippen LogP contribution in [-0.2, 0) is 4.79 Å². The first-order valence-electron chi connectivity index (χ1n) is 5.15. The zero-order valence-electron chi connectivity index (χ0n) is 9.79. The minimum atomic E-state index is -0.757. The van der Waals surface area contributed by atoms with Crippen molar-refractivity contribution in [2.75, 3.05) is 32.9 Å². The lowest BCUT2D eigenvalue weighted by molar-refractivity contribution is -0.145. The maximum Gasteiger partial charge on any atom is 0.308 e. The first-order chi connectivity index (χ1) is 6.88. The number of rotatable bonds is 1. The first-order valence-corrected chi connectivity index (χ1v) is 5.15. The zero-order valence-corrected chi connectivity index (χ0v) is 9.79. The fourth-order valence-corrected chi connectivity index (χ4v) is 0.853. The summed E-state index contributed by atoms with van der Waals surface area (Å²) in [4.78, 5) is 12.0. The summed E-state index contributed by atoms with van der Waals surface area (Å²) in [6, 6.07) is 0. The first kappa shape index (κ1) is 14.3. The van der Waals surface area contributed by atoms with Crippen molar-refractivity contribution in [2.45, 2.75) is 20.8 Å². The third-order valence-electron chi connectivity index (χ3n) is 2.05. The van der Waals surface area contributed by atoms with Gasteiger partial charge in [-0.25, -0.2) is 0 Å². The highest BCUT2D eigenvalue weighted by Gasteiger charge is 2.18. The number of carboxylic acid groups (broad SMARTS) is 1. The van der Waals surface area contributed by atoms with Gasteiger partial charge >= 0.3 is 5.97 Å². The second-order valence-electron chi connectivity index (χ2n) is 4.56. The topological polar surface area (TPSA) is 72.8 Å². The number of hydrogen-bond acceptors (Lipinski definition) is 4. The number of aliphatic hydroxyl groups excluding tert-OH is 1. The second-order valence-corrected chi connectivity index (χ2v) is 4.56. The summed E-state index contributed by atoms with van der Waals surface area (Å²) < 4.78 is 0. The van der Waals surface area contributed by atoms with E-state index in [1.54, 1.807) is 20.8 Å². The molecular formula is C10H22N2O3. The van der Waals surface area contributed by atoms with Gasteiger partial charge in [0.2, 0.25) is 0 Å². The summed E-state index contributed by atoms with van der Waals surface area (Å²) >= 11 is 0. The van der Waals surface area contributed by atoms with Crippen LogP contribution in [0.3, 0.4) is 0 Å². The molecule has 0 amide bonds. The van der Waals surface area contributed by atoms with Crippen LogP contribution in [0.5, 0.6) is 0 Å². The van der Waals surface area contributed by atoms with Gasteiger partial charge in [-0.05, 0) is 20.8 Å². The molecule has 0 aromatic carbocycles. The summed E-state index contributed by atoms with van der Waals surface area (Å²) in [5, 5.41) is 20.0. The van der Waals surface area contributed by atoms with Crippen molar-refractivity contribution in [3.63, 3.8) is 0 Å². The molecule has 90 valence electrons. The minimum Gasteiger partial charge on any atom is -0.481 e. The average Bonchev–Trinajstić information content (AvgIpc) is 2.18. The number of hydrogen-bond donors (Lipinski definition) is 3. The summed E-state index contributed by atoms with van der Waals surface area (Å²) in [6.07, 6.45) is 0.